The van der Waals surface area contributed by atoms with Crippen molar-refractivity contribution >= 4 is 5.69 Å². The molecule has 0 amide bonds. The molecule has 20 heavy (non-hydrogen) atoms. The van der Waals surface area contributed by atoms with Gasteiger partial charge < -0.3 is 15.5 Å². The summed E-state index contributed by atoms with van der Waals surface area (Å²) < 4.78 is 0. The number of nitrogen functional groups attached to an aromatic ring is 1. The maximum Gasteiger partial charge on any atom is 0.0314 e. The van der Waals surface area contributed by atoms with Crippen LogP contribution in [0, 0.1) is 0 Å². The normalized spacial score (nSPS) is 23.1. The quantitative estimate of drug-likeness (QED) is 0.855. The molecule has 1 saturated carbocycles. The van der Waals surface area contributed by atoms with Gasteiger partial charge >= 0.3 is 0 Å². The first kappa shape index (κ1) is 13.9. The molecule has 2 N–H and O–H groups in total. The maximum absolute atomic E-state index is 5.80. The Kier molecular flexibility index (Phi) is 3.74. The molecule has 0 unspecified atom stereocenters. The molecule has 1 aromatic carbocycles. The zero-order chi connectivity index (χ0) is 14.2. The van der Waals surface area contributed by atoms with Gasteiger partial charge in [-0.2, -0.15) is 0 Å². The number of nitrogens with zero attached hydrogens (tertiary/aromatic N) is 2. The summed E-state index contributed by atoms with van der Waals surface area (Å²) in [7, 11) is 4.41. The molecule has 1 saturated heterocycles. The lowest BCUT2D eigenvalue weighted by Crippen LogP contribution is -2.44. The number of anilines is 1. The molecule has 1 aliphatic carbocycles. The minimum atomic E-state index is 0.429. The van der Waals surface area contributed by atoms with Crippen LogP contribution in [0.5, 0.6) is 0 Å². The molecule has 0 bridgehead atoms. The van der Waals surface area contributed by atoms with Gasteiger partial charge in [-0.3, -0.25) is 0 Å². The standard InChI is InChI=1S/C17H27N3/c1-19(2)16-7-11-20(12-8-16)13-17(9-10-17)14-3-5-15(18)6-4-14/h3-6,16H,7-13,18H2,1-2H3. The summed E-state index contributed by atoms with van der Waals surface area (Å²) in [4.78, 5) is 5.05. The summed E-state index contributed by atoms with van der Waals surface area (Å²) >= 11 is 0. The summed E-state index contributed by atoms with van der Waals surface area (Å²) in [6.45, 7) is 3.73. The van der Waals surface area contributed by atoms with Crippen LogP contribution in [0.3, 0.4) is 0 Å². The summed E-state index contributed by atoms with van der Waals surface area (Å²) in [5.74, 6) is 0. The first-order valence-electron chi connectivity index (χ1n) is 7.84. The largest absolute Gasteiger partial charge is 0.399 e. The Hall–Kier alpha value is -1.06. The fourth-order valence-electron chi connectivity index (χ4n) is 3.55. The Morgan fingerprint density at radius 1 is 1.15 bits per heavy atom. The Morgan fingerprint density at radius 2 is 1.75 bits per heavy atom. The van der Waals surface area contributed by atoms with E-state index in [0.717, 1.165) is 11.7 Å². The Morgan fingerprint density at radius 3 is 2.25 bits per heavy atom. The second-order valence-corrected chi connectivity index (χ2v) is 6.87. The van der Waals surface area contributed by atoms with Gasteiger partial charge in [-0.1, -0.05) is 12.1 Å². The number of piperidine rings is 1. The molecular formula is C17H27N3. The molecule has 0 atom stereocenters. The van der Waals surface area contributed by atoms with Gasteiger partial charge in [0.15, 0.2) is 0 Å². The second kappa shape index (κ2) is 5.38. The predicted octanol–water partition coefficient (Wildman–Crippen LogP) is 2.33. The van der Waals surface area contributed by atoms with Crippen molar-refractivity contribution in [2.75, 3.05) is 39.5 Å². The predicted molar refractivity (Wildman–Crippen MR) is 84.9 cm³/mol. The van der Waals surface area contributed by atoms with E-state index in [1.54, 1.807) is 0 Å². The summed E-state index contributed by atoms with van der Waals surface area (Å²) in [5, 5.41) is 0. The number of rotatable bonds is 4. The van der Waals surface area contributed by atoms with Crippen molar-refractivity contribution in [2.45, 2.75) is 37.1 Å². The molecule has 2 aliphatic rings. The van der Waals surface area contributed by atoms with E-state index in [4.69, 9.17) is 5.73 Å². The SMILES string of the molecule is CN(C)C1CCN(CC2(c3ccc(N)cc3)CC2)CC1. The van der Waals surface area contributed by atoms with Crippen molar-refractivity contribution in [1.82, 2.24) is 9.80 Å². The van der Waals surface area contributed by atoms with Gasteiger partial charge in [-0.25, -0.2) is 0 Å². The van der Waals surface area contributed by atoms with Gasteiger partial charge in [0, 0.05) is 23.7 Å². The third-order valence-corrected chi connectivity index (χ3v) is 5.19. The number of hydrogen-bond donors (Lipinski definition) is 1. The summed E-state index contributed by atoms with van der Waals surface area (Å²) in [6.07, 6.45) is 5.30. The first-order valence-corrected chi connectivity index (χ1v) is 7.84. The van der Waals surface area contributed by atoms with Crippen molar-refractivity contribution in [2.24, 2.45) is 0 Å². The van der Waals surface area contributed by atoms with E-state index in [1.165, 1.54) is 50.9 Å². The highest BCUT2D eigenvalue weighted by Crippen LogP contribution is 2.49. The third kappa shape index (κ3) is 2.84. The zero-order valence-corrected chi connectivity index (χ0v) is 12.8. The van der Waals surface area contributed by atoms with Crippen LogP contribution < -0.4 is 5.73 Å². The first-order chi connectivity index (χ1) is 9.59. The van der Waals surface area contributed by atoms with E-state index in [1.807, 2.05) is 12.1 Å². The second-order valence-electron chi connectivity index (χ2n) is 6.87. The Balaban J connectivity index is 1.60. The van der Waals surface area contributed by atoms with Crippen LogP contribution in [0.25, 0.3) is 0 Å². The van der Waals surface area contributed by atoms with E-state index in [9.17, 15) is 0 Å². The highest BCUT2D eigenvalue weighted by molar-refractivity contribution is 5.43. The number of hydrogen-bond acceptors (Lipinski definition) is 3. The van der Waals surface area contributed by atoms with Gasteiger partial charge in [0.2, 0.25) is 0 Å². The van der Waals surface area contributed by atoms with Crippen LogP contribution in [0.15, 0.2) is 24.3 Å². The number of benzene rings is 1. The van der Waals surface area contributed by atoms with Gasteiger partial charge in [0.1, 0.15) is 0 Å². The van der Waals surface area contributed by atoms with Crippen molar-refractivity contribution in [1.29, 1.82) is 0 Å². The van der Waals surface area contributed by atoms with Crippen LogP contribution in [0.2, 0.25) is 0 Å². The molecule has 0 spiro atoms. The lowest BCUT2D eigenvalue weighted by atomic mass is 9.93. The minimum Gasteiger partial charge on any atom is -0.399 e. The smallest absolute Gasteiger partial charge is 0.0314 e. The van der Waals surface area contributed by atoms with Crippen molar-refractivity contribution in [3.63, 3.8) is 0 Å². The van der Waals surface area contributed by atoms with E-state index in [-0.39, 0.29) is 0 Å². The van der Waals surface area contributed by atoms with Gasteiger partial charge in [0.25, 0.3) is 0 Å². The van der Waals surface area contributed by atoms with E-state index >= 15 is 0 Å². The fraction of sp³-hybridized carbons (Fsp3) is 0.647. The molecule has 1 heterocycles. The highest BCUT2D eigenvalue weighted by atomic mass is 15.2. The van der Waals surface area contributed by atoms with Gasteiger partial charge in [-0.15, -0.1) is 0 Å². The topological polar surface area (TPSA) is 32.5 Å². The van der Waals surface area contributed by atoms with Crippen LogP contribution in [-0.4, -0.2) is 49.6 Å². The number of nitrogens with two attached hydrogens (primary N) is 1. The molecule has 3 heteroatoms. The van der Waals surface area contributed by atoms with Crippen LogP contribution >= 0.6 is 0 Å². The molecule has 0 radical (unpaired) electrons. The minimum absolute atomic E-state index is 0.429. The summed E-state index contributed by atoms with van der Waals surface area (Å²) in [5.41, 5.74) is 8.59. The lowest BCUT2D eigenvalue weighted by Gasteiger charge is -2.37. The zero-order valence-electron chi connectivity index (χ0n) is 12.8. The van der Waals surface area contributed by atoms with Gasteiger partial charge in [-0.05, 0) is 70.6 Å². The van der Waals surface area contributed by atoms with E-state index < -0.39 is 0 Å². The molecular weight excluding hydrogens is 246 g/mol. The van der Waals surface area contributed by atoms with E-state index in [0.29, 0.717) is 5.41 Å². The number of likely N-dealkylation sites (tertiary alicyclic amines) is 1. The van der Waals surface area contributed by atoms with Crippen LogP contribution in [0.4, 0.5) is 5.69 Å². The Bertz CT molecular complexity index is 440. The molecule has 3 rings (SSSR count). The molecule has 1 aliphatic heterocycles. The van der Waals surface area contributed by atoms with Gasteiger partial charge in [0.05, 0.1) is 0 Å². The monoisotopic (exact) mass is 273 g/mol. The van der Waals surface area contributed by atoms with Crippen molar-refractivity contribution in [3.05, 3.63) is 29.8 Å². The fourth-order valence-corrected chi connectivity index (χ4v) is 3.55. The molecule has 3 nitrogen and oxygen atoms in total. The highest BCUT2D eigenvalue weighted by Gasteiger charge is 2.45. The van der Waals surface area contributed by atoms with Crippen molar-refractivity contribution in [3.8, 4) is 0 Å². The summed E-state index contributed by atoms with van der Waals surface area (Å²) in [6, 6.07) is 9.34. The van der Waals surface area contributed by atoms with Crippen LogP contribution in [0.1, 0.15) is 31.2 Å². The van der Waals surface area contributed by atoms with Crippen molar-refractivity contribution < 1.29 is 0 Å². The Labute approximate surface area is 122 Å². The van der Waals surface area contributed by atoms with Crippen LogP contribution in [-0.2, 0) is 5.41 Å². The molecule has 2 fully saturated rings. The average molecular weight is 273 g/mol. The molecule has 1 aromatic rings. The average Bonchev–Trinajstić information content (AvgIpc) is 3.21. The lowest BCUT2D eigenvalue weighted by molar-refractivity contribution is 0.136. The maximum atomic E-state index is 5.80. The molecule has 0 aromatic heterocycles. The molecule has 110 valence electrons. The van der Waals surface area contributed by atoms with E-state index in [2.05, 4.69) is 36.0 Å². The third-order valence-electron chi connectivity index (χ3n) is 5.19.